The van der Waals surface area contributed by atoms with E-state index < -0.39 is 0 Å². The van der Waals surface area contributed by atoms with Crippen LogP contribution in [0.15, 0.2) is 6.33 Å². The summed E-state index contributed by atoms with van der Waals surface area (Å²) in [5, 5.41) is 6.86. The van der Waals surface area contributed by atoms with Crippen molar-refractivity contribution in [2.75, 3.05) is 30.8 Å². The van der Waals surface area contributed by atoms with Crippen LogP contribution in [0.5, 0.6) is 0 Å². The fourth-order valence-corrected chi connectivity index (χ4v) is 2.62. The van der Waals surface area contributed by atoms with Crippen LogP contribution in [0.3, 0.4) is 0 Å². The SMILES string of the molecule is CCNc1ncnc(NCC(C)N(C)C2CC2)c1C(C)C. The summed E-state index contributed by atoms with van der Waals surface area (Å²) in [5.41, 5.74) is 1.18. The molecule has 0 radical (unpaired) electrons. The van der Waals surface area contributed by atoms with E-state index in [1.54, 1.807) is 6.33 Å². The molecule has 1 saturated carbocycles. The highest BCUT2D eigenvalue weighted by molar-refractivity contribution is 5.59. The van der Waals surface area contributed by atoms with Gasteiger partial charge in [0, 0.05) is 30.7 Å². The second kappa shape index (κ2) is 7.07. The third kappa shape index (κ3) is 4.06. The number of nitrogens with one attached hydrogen (secondary N) is 2. The first-order chi connectivity index (χ1) is 10.0. The molecule has 1 aromatic rings. The van der Waals surface area contributed by atoms with Crippen molar-refractivity contribution in [1.82, 2.24) is 14.9 Å². The number of hydrogen-bond donors (Lipinski definition) is 2. The predicted octanol–water partition coefficient (Wildman–Crippen LogP) is 2.93. The smallest absolute Gasteiger partial charge is 0.135 e. The second-order valence-electron chi connectivity index (χ2n) is 6.30. The summed E-state index contributed by atoms with van der Waals surface area (Å²) >= 11 is 0. The van der Waals surface area contributed by atoms with Crippen LogP contribution in [-0.2, 0) is 0 Å². The summed E-state index contributed by atoms with van der Waals surface area (Å²) in [7, 11) is 2.22. The van der Waals surface area contributed by atoms with E-state index >= 15 is 0 Å². The number of nitrogens with zero attached hydrogens (tertiary/aromatic N) is 3. The average molecular weight is 291 g/mol. The Morgan fingerprint density at radius 1 is 1.19 bits per heavy atom. The van der Waals surface area contributed by atoms with Gasteiger partial charge in [0.15, 0.2) is 0 Å². The van der Waals surface area contributed by atoms with Crippen LogP contribution in [0.2, 0.25) is 0 Å². The van der Waals surface area contributed by atoms with E-state index in [0.717, 1.165) is 30.8 Å². The summed E-state index contributed by atoms with van der Waals surface area (Å²) in [5.74, 6) is 2.31. The van der Waals surface area contributed by atoms with Gasteiger partial charge in [-0.25, -0.2) is 9.97 Å². The van der Waals surface area contributed by atoms with Crippen LogP contribution in [0.1, 0.15) is 52.0 Å². The number of likely N-dealkylation sites (N-methyl/N-ethyl adjacent to an activating group) is 1. The molecule has 21 heavy (non-hydrogen) atoms. The number of anilines is 2. The first-order valence-electron chi connectivity index (χ1n) is 8.09. The van der Waals surface area contributed by atoms with Crippen LogP contribution >= 0.6 is 0 Å². The molecule has 2 N–H and O–H groups in total. The molecule has 0 aliphatic heterocycles. The third-order valence-electron chi connectivity index (χ3n) is 4.19. The van der Waals surface area contributed by atoms with E-state index in [1.165, 1.54) is 18.4 Å². The molecule has 1 aliphatic carbocycles. The van der Waals surface area contributed by atoms with E-state index in [-0.39, 0.29) is 0 Å². The maximum Gasteiger partial charge on any atom is 0.135 e. The monoisotopic (exact) mass is 291 g/mol. The lowest BCUT2D eigenvalue weighted by Crippen LogP contribution is -2.36. The number of aromatic nitrogens is 2. The summed E-state index contributed by atoms with van der Waals surface area (Å²) in [6.07, 6.45) is 4.33. The van der Waals surface area contributed by atoms with Crippen LogP contribution < -0.4 is 10.6 Å². The molecule has 1 fully saturated rings. The molecule has 0 amide bonds. The highest BCUT2D eigenvalue weighted by Crippen LogP contribution is 2.29. The standard InChI is InChI=1S/C16H29N5/c1-6-17-15-14(11(2)3)16(20-10-19-15)18-9-12(4)21(5)13-7-8-13/h10-13H,6-9H2,1-5H3,(H2,17,18,19,20). The number of hydrogen-bond acceptors (Lipinski definition) is 5. The lowest BCUT2D eigenvalue weighted by molar-refractivity contribution is 0.257. The molecule has 1 aliphatic rings. The zero-order chi connectivity index (χ0) is 15.4. The van der Waals surface area contributed by atoms with Crippen LogP contribution in [0, 0.1) is 0 Å². The van der Waals surface area contributed by atoms with Gasteiger partial charge in [0.05, 0.1) is 0 Å². The number of rotatable bonds is 8. The van der Waals surface area contributed by atoms with Gasteiger partial charge < -0.3 is 10.6 Å². The topological polar surface area (TPSA) is 53.1 Å². The molecular formula is C16H29N5. The van der Waals surface area contributed by atoms with Crippen LogP contribution in [-0.4, -0.2) is 47.1 Å². The molecule has 1 atom stereocenters. The molecule has 1 aromatic heterocycles. The van der Waals surface area contributed by atoms with Gasteiger partial charge in [0.2, 0.25) is 0 Å². The summed E-state index contributed by atoms with van der Waals surface area (Å²) in [6, 6.07) is 1.30. The van der Waals surface area contributed by atoms with E-state index in [1.807, 2.05) is 0 Å². The normalized spacial score (nSPS) is 16.3. The Kier molecular flexibility index (Phi) is 5.39. The largest absolute Gasteiger partial charge is 0.370 e. The zero-order valence-electron chi connectivity index (χ0n) is 14.0. The van der Waals surface area contributed by atoms with Gasteiger partial charge in [0.25, 0.3) is 0 Å². The fraction of sp³-hybridized carbons (Fsp3) is 0.750. The van der Waals surface area contributed by atoms with Gasteiger partial charge in [-0.05, 0) is 39.7 Å². The maximum absolute atomic E-state index is 4.45. The van der Waals surface area contributed by atoms with E-state index in [4.69, 9.17) is 0 Å². The molecule has 0 saturated heterocycles. The molecule has 2 rings (SSSR count). The highest BCUT2D eigenvalue weighted by atomic mass is 15.2. The molecule has 0 bridgehead atoms. The van der Waals surface area contributed by atoms with Crippen molar-refractivity contribution in [3.8, 4) is 0 Å². The van der Waals surface area contributed by atoms with Crippen molar-refractivity contribution in [3.05, 3.63) is 11.9 Å². The van der Waals surface area contributed by atoms with Crippen molar-refractivity contribution < 1.29 is 0 Å². The Morgan fingerprint density at radius 3 is 2.33 bits per heavy atom. The zero-order valence-corrected chi connectivity index (χ0v) is 14.0. The Hall–Kier alpha value is -1.36. The van der Waals surface area contributed by atoms with Gasteiger partial charge in [-0.3, -0.25) is 4.90 Å². The van der Waals surface area contributed by atoms with Gasteiger partial charge in [-0.2, -0.15) is 0 Å². The molecule has 5 nitrogen and oxygen atoms in total. The lowest BCUT2D eigenvalue weighted by Gasteiger charge is -2.26. The minimum atomic E-state index is 0.388. The van der Waals surface area contributed by atoms with Crippen molar-refractivity contribution in [2.45, 2.75) is 58.5 Å². The lowest BCUT2D eigenvalue weighted by atomic mass is 10.0. The highest BCUT2D eigenvalue weighted by Gasteiger charge is 2.29. The third-order valence-corrected chi connectivity index (χ3v) is 4.19. The summed E-state index contributed by atoms with van der Waals surface area (Å²) in [6.45, 7) is 10.5. The van der Waals surface area contributed by atoms with Crippen molar-refractivity contribution in [3.63, 3.8) is 0 Å². The molecule has 5 heteroatoms. The summed E-state index contributed by atoms with van der Waals surface area (Å²) in [4.78, 5) is 11.3. The molecular weight excluding hydrogens is 262 g/mol. The van der Waals surface area contributed by atoms with Crippen molar-refractivity contribution in [2.24, 2.45) is 0 Å². The minimum Gasteiger partial charge on any atom is -0.370 e. The molecule has 118 valence electrons. The molecule has 1 heterocycles. The van der Waals surface area contributed by atoms with E-state index in [2.05, 4.69) is 60.2 Å². The maximum atomic E-state index is 4.45. The van der Waals surface area contributed by atoms with Gasteiger partial charge in [0.1, 0.15) is 18.0 Å². The first kappa shape index (κ1) is 16.0. The Balaban J connectivity index is 2.06. The quantitative estimate of drug-likeness (QED) is 0.771. The second-order valence-corrected chi connectivity index (χ2v) is 6.30. The average Bonchev–Trinajstić information content (AvgIpc) is 3.28. The van der Waals surface area contributed by atoms with Crippen molar-refractivity contribution in [1.29, 1.82) is 0 Å². The fourth-order valence-electron chi connectivity index (χ4n) is 2.62. The first-order valence-corrected chi connectivity index (χ1v) is 8.09. The van der Waals surface area contributed by atoms with Gasteiger partial charge in [-0.1, -0.05) is 13.8 Å². The Labute approximate surface area is 128 Å². The van der Waals surface area contributed by atoms with E-state index in [9.17, 15) is 0 Å². The van der Waals surface area contributed by atoms with Gasteiger partial charge >= 0.3 is 0 Å². The molecule has 0 spiro atoms. The van der Waals surface area contributed by atoms with Crippen LogP contribution in [0.25, 0.3) is 0 Å². The summed E-state index contributed by atoms with van der Waals surface area (Å²) < 4.78 is 0. The van der Waals surface area contributed by atoms with Crippen LogP contribution in [0.4, 0.5) is 11.6 Å². The molecule has 0 aromatic carbocycles. The Morgan fingerprint density at radius 2 is 1.81 bits per heavy atom. The van der Waals surface area contributed by atoms with Crippen molar-refractivity contribution >= 4 is 11.6 Å². The Bertz CT molecular complexity index is 456. The van der Waals surface area contributed by atoms with Gasteiger partial charge in [-0.15, -0.1) is 0 Å². The minimum absolute atomic E-state index is 0.388. The van der Waals surface area contributed by atoms with E-state index in [0.29, 0.717) is 12.0 Å². The predicted molar refractivity (Wildman–Crippen MR) is 89.0 cm³/mol. The molecule has 1 unspecified atom stereocenters.